The van der Waals surface area contributed by atoms with Crippen LogP contribution in [-0.2, 0) is 6.54 Å². The van der Waals surface area contributed by atoms with E-state index in [1.807, 2.05) is 29.1 Å². The molecule has 4 rings (SSSR count). The number of pyridine rings is 1. The van der Waals surface area contributed by atoms with E-state index in [1.165, 1.54) is 12.1 Å². The molecule has 1 aliphatic rings. The minimum atomic E-state index is -0.221. The van der Waals surface area contributed by atoms with Crippen molar-refractivity contribution in [3.63, 3.8) is 0 Å². The van der Waals surface area contributed by atoms with Crippen LogP contribution in [0.3, 0.4) is 0 Å². The molecule has 3 heterocycles. The molecule has 0 aliphatic carbocycles. The zero-order valence-corrected chi connectivity index (χ0v) is 13.9. The lowest BCUT2D eigenvalue weighted by atomic mass is 9.97. The van der Waals surface area contributed by atoms with Crippen LogP contribution < -0.4 is 4.90 Å². The van der Waals surface area contributed by atoms with E-state index < -0.39 is 0 Å². The van der Waals surface area contributed by atoms with Crippen LogP contribution in [0.2, 0.25) is 0 Å². The molecule has 3 aromatic rings. The predicted molar refractivity (Wildman–Crippen MR) is 93.9 cm³/mol. The first kappa shape index (κ1) is 15.7. The first-order valence-corrected chi connectivity index (χ1v) is 8.58. The van der Waals surface area contributed by atoms with Crippen LogP contribution in [-0.4, -0.2) is 32.8 Å². The van der Waals surface area contributed by atoms with E-state index in [4.69, 9.17) is 0 Å². The van der Waals surface area contributed by atoms with Crippen molar-refractivity contribution in [1.29, 1.82) is 0 Å². The number of aromatic nitrogens is 4. The smallest absolute Gasteiger partial charge is 0.138 e. The van der Waals surface area contributed by atoms with Crippen molar-refractivity contribution in [2.45, 2.75) is 25.3 Å². The Kier molecular flexibility index (Phi) is 4.41. The van der Waals surface area contributed by atoms with Gasteiger partial charge in [0.1, 0.15) is 23.8 Å². The molecule has 2 aromatic heterocycles. The highest BCUT2D eigenvalue weighted by atomic mass is 19.1. The van der Waals surface area contributed by atoms with Gasteiger partial charge in [-0.15, -0.1) is 0 Å². The lowest BCUT2D eigenvalue weighted by molar-refractivity contribution is 0.464. The Morgan fingerprint density at radius 2 is 1.96 bits per heavy atom. The molecule has 6 heteroatoms. The van der Waals surface area contributed by atoms with Crippen LogP contribution in [0, 0.1) is 5.82 Å². The van der Waals surface area contributed by atoms with Gasteiger partial charge in [0, 0.05) is 25.2 Å². The fraction of sp³-hybridized carbons (Fsp3) is 0.316. The topological polar surface area (TPSA) is 46.8 Å². The fourth-order valence-corrected chi connectivity index (χ4v) is 3.41. The van der Waals surface area contributed by atoms with Crippen molar-refractivity contribution in [2.75, 3.05) is 18.0 Å². The molecule has 1 unspecified atom stereocenters. The lowest BCUT2D eigenvalue weighted by Gasteiger charge is -2.33. The van der Waals surface area contributed by atoms with Crippen LogP contribution in [0.25, 0.3) is 0 Å². The van der Waals surface area contributed by atoms with Crippen molar-refractivity contribution < 1.29 is 4.39 Å². The molecular weight excluding hydrogens is 317 g/mol. The molecule has 5 nitrogen and oxygen atoms in total. The summed E-state index contributed by atoms with van der Waals surface area (Å²) in [7, 11) is 0. The van der Waals surface area contributed by atoms with Crippen LogP contribution in [0.1, 0.15) is 30.1 Å². The van der Waals surface area contributed by atoms with Crippen molar-refractivity contribution >= 4 is 5.82 Å². The number of rotatable bonds is 4. The lowest BCUT2D eigenvalue weighted by Crippen LogP contribution is -2.36. The molecule has 0 bridgehead atoms. The summed E-state index contributed by atoms with van der Waals surface area (Å²) in [4.78, 5) is 11.3. The van der Waals surface area contributed by atoms with E-state index in [1.54, 1.807) is 18.5 Å². The molecule has 1 aromatic carbocycles. The molecule has 0 saturated carbocycles. The largest absolute Gasteiger partial charge is 0.356 e. The maximum atomic E-state index is 13.1. The van der Waals surface area contributed by atoms with E-state index in [0.29, 0.717) is 12.5 Å². The maximum absolute atomic E-state index is 13.1. The summed E-state index contributed by atoms with van der Waals surface area (Å²) in [5.74, 6) is 2.10. The number of hydrogen-bond donors (Lipinski definition) is 0. The van der Waals surface area contributed by atoms with Crippen LogP contribution in [0.15, 0.2) is 55.0 Å². The van der Waals surface area contributed by atoms with Crippen molar-refractivity contribution in [2.24, 2.45) is 0 Å². The normalized spacial score (nSPS) is 17.6. The van der Waals surface area contributed by atoms with Gasteiger partial charge in [-0.05, 0) is 42.7 Å². The number of nitrogens with zero attached hydrogens (tertiary/aromatic N) is 5. The summed E-state index contributed by atoms with van der Waals surface area (Å²) in [5, 5.41) is 4.38. The van der Waals surface area contributed by atoms with E-state index in [2.05, 4.69) is 20.0 Å². The van der Waals surface area contributed by atoms with Gasteiger partial charge in [0.05, 0.1) is 6.54 Å². The van der Waals surface area contributed by atoms with Crippen LogP contribution in [0.4, 0.5) is 10.2 Å². The first-order chi connectivity index (χ1) is 12.3. The summed E-state index contributed by atoms with van der Waals surface area (Å²) < 4.78 is 15.0. The van der Waals surface area contributed by atoms with E-state index in [0.717, 1.165) is 43.1 Å². The predicted octanol–water partition coefficient (Wildman–Crippen LogP) is 3.24. The first-order valence-electron chi connectivity index (χ1n) is 8.58. The number of halogens is 1. The highest BCUT2D eigenvalue weighted by molar-refractivity contribution is 5.39. The van der Waals surface area contributed by atoms with Crippen LogP contribution in [0.5, 0.6) is 0 Å². The van der Waals surface area contributed by atoms with Gasteiger partial charge in [-0.1, -0.05) is 18.2 Å². The Balaban J connectivity index is 1.52. The van der Waals surface area contributed by atoms with Crippen molar-refractivity contribution in [3.8, 4) is 0 Å². The van der Waals surface area contributed by atoms with Gasteiger partial charge in [-0.2, -0.15) is 5.10 Å². The summed E-state index contributed by atoms with van der Waals surface area (Å²) in [6.45, 7) is 2.51. The van der Waals surface area contributed by atoms with Gasteiger partial charge in [0.25, 0.3) is 0 Å². The fourth-order valence-electron chi connectivity index (χ4n) is 3.41. The third kappa shape index (κ3) is 3.52. The van der Waals surface area contributed by atoms with E-state index in [9.17, 15) is 4.39 Å². The second-order valence-corrected chi connectivity index (χ2v) is 6.38. The van der Waals surface area contributed by atoms with E-state index in [-0.39, 0.29) is 5.82 Å². The molecule has 1 aliphatic heterocycles. The number of hydrogen-bond acceptors (Lipinski definition) is 4. The summed E-state index contributed by atoms with van der Waals surface area (Å²) in [6.07, 6.45) is 5.63. The van der Waals surface area contributed by atoms with Gasteiger partial charge in [0.15, 0.2) is 0 Å². The van der Waals surface area contributed by atoms with Gasteiger partial charge in [-0.3, -0.25) is 0 Å². The molecule has 0 N–H and O–H groups in total. The van der Waals surface area contributed by atoms with Gasteiger partial charge >= 0.3 is 0 Å². The number of benzene rings is 1. The maximum Gasteiger partial charge on any atom is 0.138 e. The molecule has 0 amide bonds. The zero-order valence-electron chi connectivity index (χ0n) is 13.9. The van der Waals surface area contributed by atoms with Crippen molar-refractivity contribution in [1.82, 2.24) is 19.7 Å². The summed E-state index contributed by atoms with van der Waals surface area (Å²) >= 11 is 0. The molecule has 1 atom stereocenters. The third-order valence-corrected chi connectivity index (χ3v) is 4.65. The van der Waals surface area contributed by atoms with Crippen LogP contribution >= 0.6 is 0 Å². The second-order valence-electron chi connectivity index (χ2n) is 6.38. The Morgan fingerprint density at radius 3 is 2.76 bits per heavy atom. The molecule has 0 radical (unpaired) electrons. The molecular formula is C19H20FN5. The molecule has 25 heavy (non-hydrogen) atoms. The van der Waals surface area contributed by atoms with Gasteiger partial charge in [-0.25, -0.2) is 19.0 Å². The molecule has 0 spiro atoms. The van der Waals surface area contributed by atoms with Gasteiger partial charge in [0.2, 0.25) is 0 Å². The number of anilines is 1. The summed E-state index contributed by atoms with van der Waals surface area (Å²) in [6, 6.07) is 12.5. The minimum Gasteiger partial charge on any atom is -0.356 e. The zero-order chi connectivity index (χ0) is 17.1. The molecule has 1 fully saturated rings. The van der Waals surface area contributed by atoms with Gasteiger partial charge < -0.3 is 4.90 Å². The highest BCUT2D eigenvalue weighted by Crippen LogP contribution is 2.28. The average molecular weight is 337 g/mol. The minimum absolute atomic E-state index is 0.221. The molecule has 128 valence electrons. The Morgan fingerprint density at radius 1 is 1.08 bits per heavy atom. The monoisotopic (exact) mass is 337 g/mol. The number of piperidine rings is 1. The average Bonchev–Trinajstić information content (AvgIpc) is 3.13. The van der Waals surface area contributed by atoms with Crippen molar-refractivity contribution in [3.05, 3.63) is 72.2 Å². The second kappa shape index (κ2) is 7.01. The third-order valence-electron chi connectivity index (χ3n) is 4.65. The Bertz CT molecular complexity index is 815. The Labute approximate surface area is 146 Å². The SMILES string of the molecule is Fc1ccc(Cn2ncnc2C2CCCN(c3ccccn3)C2)cc1. The summed E-state index contributed by atoms with van der Waals surface area (Å²) in [5.41, 5.74) is 1.02. The van der Waals surface area contributed by atoms with E-state index >= 15 is 0 Å². The Hall–Kier alpha value is -2.76. The highest BCUT2D eigenvalue weighted by Gasteiger charge is 2.26. The molecule has 1 saturated heterocycles. The standard InChI is InChI=1S/C19H20FN5/c20-17-8-6-15(7-9-17)12-25-19(22-14-23-25)16-4-3-11-24(13-16)18-5-1-2-10-21-18/h1-2,5-10,14,16H,3-4,11-13H2. The quantitative estimate of drug-likeness (QED) is 0.733.